The highest BCUT2D eigenvalue weighted by Crippen LogP contribution is 2.36. The van der Waals surface area contributed by atoms with Gasteiger partial charge in [0.05, 0.1) is 0 Å². The molecule has 16 heavy (non-hydrogen) atoms. The summed E-state index contributed by atoms with van der Waals surface area (Å²) in [6, 6.07) is 0. The molecule has 0 fully saturated rings. The van der Waals surface area contributed by atoms with Gasteiger partial charge in [-0.15, -0.1) is 0 Å². The Morgan fingerprint density at radius 3 is 1.31 bits per heavy atom. The maximum atomic E-state index is 12.8. The van der Waals surface area contributed by atoms with Gasteiger partial charge in [0.15, 0.2) is 0 Å². The molecular weight excluding hydrogens is 372 g/mol. The van der Waals surface area contributed by atoms with Crippen LogP contribution in [-0.4, -0.2) is 34.8 Å². The summed E-state index contributed by atoms with van der Waals surface area (Å²) < 4.78 is 58.5. The Bertz CT molecular complexity index is 256. The average molecular weight is 376 g/mol. The van der Waals surface area contributed by atoms with Crippen molar-refractivity contribution in [1.29, 1.82) is 0 Å². The van der Waals surface area contributed by atoms with Crippen LogP contribution in [0.15, 0.2) is 0 Å². The number of alkyl halides is 6. The first-order chi connectivity index (χ1) is 7.21. The van der Waals surface area contributed by atoms with Gasteiger partial charge in [0.2, 0.25) is 0 Å². The van der Waals surface area contributed by atoms with Crippen LogP contribution in [0, 0.1) is 0 Å². The molecule has 0 spiro atoms. The largest absolute Gasteiger partial charge is 0.449 e. The SMILES string of the molecule is O=C(OCBr)C(F)(F)C(F)(F)C(=O)OCBr. The Hall–Kier alpha value is -0.380. The van der Waals surface area contributed by atoms with Crippen molar-refractivity contribution in [2.75, 3.05) is 11.0 Å². The summed E-state index contributed by atoms with van der Waals surface area (Å²) in [4.78, 5) is 21.0. The average Bonchev–Trinajstić information content (AvgIpc) is 2.18. The van der Waals surface area contributed by atoms with Crippen molar-refractivity contribution in [3.8, 4) is 0 Å². The molecule has 0 aromatic rings. The van der Waals surface area contributed by atoms with E-state index in [9.17, 15) is 27.2 Å². The first-order valence-electron chi connectivity index (χ1n) is 3.43. The third-order valence-corrected chi connectivity index (χ3v) is 1.74. The van der Waals surface area contributed by atoms with Crippen molar-refractivity contribution >= 4 is 43.8 Å². The van der Waals surface area contributed by atoms with Crippen molar-refractivity contribution in [1.82, 2.24) is 0 Å². The molecule has 94 valence electrons. The molecule has 0 amide bonds. The molecule has 0 rings (SSSR count). The van der Waals surface area contributed by atoms with Gasteiger partial charge in [0.1, 0.15) is 11.0 Å². The maximum Gasteiger partial charge on any atom is 0.415 e. The third-order valence-electron chi connectivity index (χ3n) is 1.28. The molecule has 0 aliphatic carbocycles. The summed E-state index contributed by atoms with van der Waals surface area (Å²) in [6.07, 6.45) is 0. The zero-order valence-corrected chi connectivity index (χ0v) is 10.5. The van der Waals surface area contributed by atoms with Gasteiger partial charge >= 0.3 is 23.8 Å². The zero-order valence-electron chi connectivity index (χ0n) is 7.31. The van der Waals surface area contributed by atoms with Crippen LogP contribution >= 0.6 is 31.9 Å². The Morgan fingerprint density at radius 2 is 1.12 bits per heavy atom. The summed E-state index contributed by atoms with van der Waals surface area (Å²) in [7, 11) is 0. The van der Waals surface area contributed by atoms with Crippen LogP contribution in [0.1, 0.15) is 0 Å². The van der Waals surface area contributed by atoms with Crippen molar-refractivity contribution in [2.45, 2.75) is 11.8 Å². The van der Waals surface area contributed by atoms with Gasteiger partial charge in [0.25, 0.3) is 0 Å². The predicted octanol–water partition coefficient (Wildman–Crippen LogP) is 2.05. The molecule has 4 nitrogen and oxygen atoms in total. The van der Waals surface area contributed by atoms with Gasteiger partial charge in [-0.2, -0.15) is 17.6 Å². The number of hydrogen-bond donors (Lipinski definition) is 0. The van der Waals surface area contributed by atoms with Gasteiger partial charge < -0.3 is 9.47 Å². The van der Waals surface area contributed by atoms with Crippen molar-refractivity contribution in [2.24, 2.45) is 0 Å². The van der Waals surface area contributed by atoms with Crippen LogP contribution in [0.5, 0.6) is 0 Å². The molecule has 0 aliphatic rings. The smallest absolute Gasteiger partial charge is 0.415 e. The van der Waals surface area contributed by atoms with E-state index in [-0.39, 0.29) is 0 Å². The Morgan fingerprint density at radius 1 is 0.875 bits per heavy atom. The van der Waals surface area contributed by atoms with Crippen LogP contribution in [0.3, 0.4) is 0 Å². The summed E-state index contributed by atoms with van der Waals surface area (Å²) in [6.45, 7) is 0. The van der Waals surface area contributed by atoms with Crippen LogP contribution in [0.25, 0.3) is 0 Å². The molecule has 0 aliphatic heterocycles. The van der Waals surface area contributed by atoms with E-state index in [2.05, 4.69) is 41.3 Å². The van der Waals surface area contributed by atoms with Crippen molar-refractivity contribution in [3.63, 3.8) is 0 Å². The normalized spacial score (nSPS) is 12.1. The minimum absolute atomic E-state index is 0.703. The Kier molecular flexibility index (Phi) is 5.66. The van der Waals surface area contributed by atoms with E-state index in [0.717, 1.165) is 0 Å². The van der Waals surface area contributed by atoms with Crippen molar-refractivity contribution in [3.05, 3.63) is 0 Å². The van der Waals surface area contributed by atoms with E-state index in [1.54, 1.807) is 0 Å². The fourth-order valence-electron chi connectivity index (χ4n) is 0.537. The molecule has 0 bridgehead atoms. The van der Waals surface area contributed by atoms with Gasteiger partial charge in [-0.1, -0.05) is 0 Å². The number of carbonyl (C=O) groups is 2. The monoisotopic (exact) mass is 374 g/mol. The Labute approximate surface area is 104 Å². The second-order valence-electron chi connectivity index (χ2n) is 2.23. The molecule has 0 unspecified atom stereocenters. The summed E-state index contributed by atoms with van der Waals surface area (Å²) in [5.74, 6) is -15.6. The summed E-state index contributed by atoms with van der Waals surface area (Å²) in [5.41, 5.74) is -1.41. The Balaban J connectivity index is 4.96. The number of rotatable bonds is 5. The van der Waals surface area contributed by atoms with Gasteiger partial charge in [-0.25, -0.2) is 9.59 Å². The first-order valence-corrected chi connectivity index (χ1v) is 5.68. The van der Waals surface area contributed by atoms with E-state index in [1.807, 2.05) is 0 Å². The van der Waals surface area contributed by atoms with Gasteiger partial charge in [0, 0.05) is 0 Å². The highest BCUT2D eigenvalue weighted by atomic mass is 79.9. The van der Waals surface area contributed by atoms with Gasteiger partial charge in [-0.3, -0.25) is 0 Å². The summed E-state index contributed by atoms with van der Waals surface area (Å²) >= 11 is 4.86. The molecule has 0 atom stereocenters. The third kappa shape index (κ3) is 3.06. The summed E-state index contributed by atoms with van der Waals surface area (Å²) in [5, 5.41) is 0. The lowest BCUT2D eigenvalue weighted by molar-refractivity contribution is -0.235. The number of carbonyl (C=O) groups excluding carboxylic acids is 2. The van der Waals surface area contributed by atoms with E-state index in [4.69, 9.17) is 0 Å². The van der Waals surface area contributed by atoms with Gasteiger partial charge in [-0.05, 0) is 31.9 Å². The molecule has 0 aromatic carbocycles. The molecule has 0 aromatic heterocycles. The lowest BCUT2D eigenvalue weighted by Gasteiger charge is -2.22. The molecule has 0 N–H and O–H groups in total. The maximum absolute atomic E-state index is 12.8. The number of halogens is 6. The van der Waals surface area contributed by atoms with Crippen molar-refractivity contribution < 1.29 is 36.6 Å². The quantitative estimate of drug-likeness (QED) is 0.419. The second kappa shape index (κ2) is 5.80. The first kappa shape index (κ1) is 15.6. The van der Waals surface area contributed by atoms with E-state index in [0.29, 0.717) is 0 Å². The number of ether oxygens (including phenoxy) is 2. The van der Waals surface area contributed by atoms with Crippen LogP contribution in [-0.2, 0) is 19.1 Å². The highest BCUT2D eigenvalue weighted by molar-refractivity contribution is 9.09. The zero-order chi connectivity index (χ0) is 13.0. The fourth-order valence-corrected chi connectivity index (χ4v) is 0.953. The topological polar surface area (TPSA) is 52.6 Å². The van der Waals surface area contributed by atoms with Crippen LogP contribution in [0.2, 0.25) is 0 Å². The second-order valence-corrected chi connectivity index (χ2v) is 3.15. The molecule has 0 saturated carbocycles. The van der Waals surface area contributed by atoms with Crippen LogP contribution < -0.4 is 0 Å². The standard InChI is InChI=1S/C6H4Br2F4O4/c7-1-15-3(13)5(9,10)6(11,12)4(14)16-2-8/h1-2H2. The molecule has 0 heterocycles. The minimum atomic E-state index is -5.29. The van der Waals surface area contributed by atoms with E-state index < -0.39 is 34.8 Å². The predicted molar refractivity (Wildman–Crippen MR) is 49.7 cm³/mol. The number of esters is 2. The minimum Gasteiger partial charge on any atom is -0.449 e. The molecule has 0 radical (unpaired) electrons. The molecule has 0 saturated heterocycles. The number of hydrogen-bond acceptors (Lipinski definition) is 4. The fraction of sp³-hybridized carbons (Fsp3) is 0.667. The van der Waals surface area contributed by atoms with E-state index in [1.165, 1.54) is 0 Å². The molecular formula is C6H4Br2F4O4. The highest BCUT2D eigenvalue weighted by Gasteiger charge is 2.69. The van der Waals surface area contributed by atoms with E-state index >= 15 is 0 Å². The lowest BCUT2D eigenvalue weighted by Crippen LogP contribution is -2.53. The molecule has 10 heteroatoms. The van der Waals surface area contributed by atoms with Crippen LogP contribution in [0.4, 0.5) is 17.6 Å². The lowest BCUT2D eigenvalue weighted by atomic mass is 10.2.